The molecule has 1 unspecified atom stereocenters. The molecule has 1 heterocycles. The third-order valence-electron chi connectivity index (χ3n) is 1.91. The zero-order chi connectivity index (χ0) is 12.2. The van der Waals surface area contributed by atoms with E-state index in [1.54, 1.807) is 12.3 Å². The van der Waals surface area contributed by atoms with E-state index >= 15 is 0 Å². The van der Waals surface area contributed by atoms with E-state index in [0.717, 1.165) is 11.4 Å². The summed E-state index contributed by atoms with van der Waals surface area (Å²) in [5.74, 6) is 1.08. The Balaban J connectivity index is 2.39. The normalized spacial score (nSPS) is 13.6. The van der Waals surface area contributed by atoms with Crippen LogP contribution in [-0.2, 0) is 0 Å². The van der Waals surface area contributed by atoms with Gasteiger partial charge >= 0.3 is 0 Å². The molecule has 0 aliphatic rings. The lowest BCUT2D eigenvalue weighted by Crippen LogP contribution is -2.21. The van der Waals surface area contributed by atoms with E-state index in [1.807, 2.05) is 17.8 Å². The number of nitrogens with zero attached hydrogens (tertiary/aromatic N) is 1. The highest BCUT2D eigenvalue weighted by atomic mass is 35.5. The Morgan fingerprint density at radius 3 is 2.62 bits per heavy atom. The third kappa shape index (κ3) is 5.61. The summed E-state index contributed by atoms with van der Waals surface area (Å²) < 4.78 is 0.314. The summed E-state index contributed by atoms with van der Waals surface area (Å²) >= 11 is 7.68. The van der Waals surface area contributed by atoms with Crippen LogP contribution in [0, 0.1) is 0 Å². The highest BCUT2D eigenvalue weighted by Crippen LogP contribution is 2.24. The van der Waals surface area contributed by atoms with Crippen molar-refractivity contribution in [2.75, 3.05) is 11.1 Å². The summed E-state index contributed by atoms with van der Waals surface area (Å²) in [5, 5.41) is 3.93. The topological polar surface area (TPSA) is 24.9 Å². The van der Waals surface area contributed by atoms with Gasteiger partial charge in [-0.1, -0.05) is 32.4 Å². The lowest BCUT2D eigenvalue weighted by Gasteiger charge is -2.21. The Morgan fingerprint density at radius 2 is 2.12 bits per heavy atom. The van der Waals surface area contributed by atoms with E-state index in [-0.39, 0.29) is 0 Å². The fourth-order valence-electron chi connectivity index (χ4n) is 1.16. The van der Waals surface area contributed by atoms with Crippen LogP contribution in [0.2, 0.25) is 5.15 Å². The summed E-state index contributed by atoms with van der Waals surface area (Å²) in [7, 11) is 0. The van der Waals surface area contributed by atoms with Crippen LogP contribution < -0.4 is 5.32 Å². The molecule has 1 N–H and O–H groups in total. The molecule has 4 heteroatoms. The van der Waals surface area contributed by atoms with Gasteiger partial charge in [0.1, 0.15) is 5.15 Å². The zero-order valence-corrected chi connectivity index (χ0v) is 11.8. The molecule has 0 saturated carbocycles. The number of pyridine rings is 1. The minimum Gasteiger partial charge on any atom is -0.381 e. The fourth-order valence-corrected chi connectivity index (χ4v) is 2.11. The number of halogens is 1. The summed E-state index contributed by atoms with van der Waals surface area (Å²) in [6.07, 6.45) is 1.76. The van der Waals surface area contributed by atoms with E-state index < -0.39 is 0 Å². The van der Waals surface area contributed by atoms with E-state index in [9.17, 15) is 0 Å². The molecule has 90 valence electrons. The second-order valence-corrected chi connectivity index (χ2v) is 7.07. The number of hydrogen-bond acceptors (Lipinski definition) is 3. The second-order valence-electron chi connectivity index (χ2n) is 4.84. The first-order chi connectivity index (χ1) is 7.37. The Morgan fingerprint density at radius 1 is 1.44 bits per heavy atom. The lowest BCUT2D eigenvalue weighted by molar-refractivity contribution is 0.794. The molecule has 0 spiro atoms. The Labute approximate surface area is 107 Å². The summed E-state index contributed by atoms with van der Waals surface area (Å²) in [6.45, 7) is 8.87. The van der Waals surface area contributed by atoms with Gasteiger partial charge < -0.3 is 5.32 Å². The van der Waals surface area contributed by atoms with Crippen LogP contribution in [0.25, 0.3) is 0 Å². The van der Waals surface area contributed by atoms with Crippen molar-refractivity contribution in [1.29, 1.82) is 0 Å². The molecule has 1 aromatic heterocycles. The van der Waals surface area contributed by atoms with E-state index in [4.69, 9.17) is 11.6 Å². The van der Waals surface area contributed by atoms with E-state index in [1.165, 1.54) is 0 Å². The first-order valence-corrected chi connectivity index (χ1v) is 6.75. The van der Waals surface area contributed by atoms with Crippen molar-refractivity contribution in [3.8, 4) is 0 Å². The molecular weight excluding hydrogens is 240 g/mol. The van der Waals surface area contributed by atoms with Gasteiger partial charge in [-0.25, -0.2) is 4.98 Å². The molecule has 0 amide bonds. The van der Waals surface area contributed by atoms with Gasteiger partial charge in [-0.3, -0.25) is 0 Å². The third-order valence-corrected chi connectivity index (χ3v) is 3.66. The lowest BCUT2D eigenvalue weighted by atomic mass is 10.3. The average Bonchev–Trinajstić information content (AvgIpc) is 2.18. The van der Waals surface area contributed by atoms with E-state index in [0.29, 0.717) is 15.9 Å². The predicted octanol–water partition coefficient (Wildman–Crippen LogP) is 4.07. The van der Waals surface area contributed by atoms with Gasteiger partial charge in [-0.05, 0) is 19.1 Å². The number of aromatic nitrogens is 1. The second kappa shape index (κ2) is 5.78. The van der Waals surface area contributed by atoms with Gasteiger partial charge in [0.25, 0.3) is 0 Å². The molecule has 0 aliphatic heterocycles. The summed E-state index contributed by atoms with van der Waals surface area (Å²) in [5.41, 5.74) is 1.02. The maximum Gasteiger partial charge on any atom is 0.129 e. The fraction of sp³-hybridized carbons (Fsp3) is 0.583. The first kappa shape index (κ1) is 13.7. The first-order valence-electron chi connectivity index (χ1n) is 5.39. The molecule has 0 saturated heterocycles. The SMILES string of the molecule is CC(CSC(C)(C)C)Nc1ccc(Cl)nc1. The van der Waals surface area contributed by atoms with Crippen molar-refractivity contribution in [3.05, 3.63) is 23.5 Å². The van der Waals surface area contributed by atoms with Gasteiger partial charge in [0.05, 0.1) is 11.9 Å². The Bertz CT molecular complexity index is 319. The van der Waals surface area contributed by atoms with Crippen molar-refractivity contribution >= 4 is 29.1 Å². The highest BCUT2D eigenvalue weighted by Gasteiger charge is 2.12. The van der Waals surface area contributed by atoms with Crippen molar-refractivity contribution in [2.45, 2.75) is 38.5 Å². The van der Waals surface area contributed by atoms with Crippen LogP contribution >= 0.6 is 23.4 Å². The van der Waals surface area contributed by atoms with Crippen LogP contribution in [0.3, 0.4) is 0 Å². The van der Waals surface area contributed by atoms with Crippen LogP contribution in [0.15, 0.2) is 18.3 Å². The number of hydrogen-bond donors (Lipinski definition) is 1. The molecule has 0 fully saturated rings. The largest absolute Gasteiger partial charge is 0.381 e. The van der Waals surface area contributed by atoms with Crippen LogP contribution in [0.1, 0.15) is 27.7 Å². The Hall–Kier alpha value is -0.410. The molecule has 0 radical (unpaired) electrons. The molecule has 1 aromatic rings. The van der Waals surface area contributed by atoms with Crippen molar-refractivity contribution in [2.24, 2.45) is 0 Å². The molecular formula is C12H19ClN2S. The maximum absolute atomic E-state index is 5.73. The monoisotopic (exact) mass is 258 g/mol. The number of anilines is 1. The molecule has 2 nitrogen and oxygen atoms in total. The van der Waals surface area contributed by atoms with Crippen LogP contribution in [-0.4, -0.2) is 21.5 Å². The van der Waals surface area contributed by atoms with Gasteiger partial charge in [0.15, 0.2) is 0 Å². The summed E-state index contributed by atoms with van der Waals surface area (Å²) in [4.78, 5) is 4.04. The number of nitrogens with one attached hydrogen (secondary N) is 1. The van der Waals surface area contributed by atoms with Gasteiger partial charge in [-0.2, -0.15) is 11.8 Å². The minimum atomic E-state index is 0.314. The number of rotatable bonds is 4. The molecule has 16 heavy (non-hydrogen) atoms. The van der Waals surface area contributed by atoms with Crippen LogP contribution in [0.5, 0.6) is 0 Å². The highest BCUT2D eigenvalue weighted by molar-refractivity contribution is 8.00. The molecule has 0 aliphatic carbocycles. The van der Waals surface area contributed by atoms with Gasteiger partial charge in [0.2, 0.25) is 0 Å². The van der Waals surface area contributed by atoms with Gasteiger partial charge in [0, 0.05) is 16.5 Å². The van der Waals surface area contributed by atoms with Crippen molar-refractivity contribution < 1.29 is 0 Å². The van der Waals surface area contributed by atoms with E-state index in [2.05, 4.69) is 38.0 Å². The zero-order valence-electron chi connectivity index (χ0n) is 10.2. The van der Waals surface area contributed by atoms with Crippen molar-refractivity contribution in [3.63, 3.8) is 0 Å². The quantitative estimate of drug-likeness (QED) is 0.825. The van der Waals surface area contributed by atoms with Gasteiger partial charge in [-0.15, -0.1) is 0 Å². The smallest absolute Gasteiger partial charge is 0.129 e. The molecule has 1 rings (SSSR count). The summed E-state index contributed by atoms with van der Waals surface area (Å²) in [6, 6.07) is 4.17. The minimum absolute atomic E-state index is 0.314. The molecule has 0 bridgehead atoms. The van der Waals surface area contributed by atoms with Crippen LogP contribution in [0.4, 0.5) is 5.69 Å². The maximum atomic E-state index is 5.73. The standard InChI is InChI=1S/C12H19ClN2S/c1-9(8-16-12(2,3)4)15-10-5-6-11(13)14-7-10/h5-7,9,15H,8H2,1-4H3. The molecule has 1 atom stereocenters. The number of thioether (sulfide) groups is 1. The Kier molecular flexibility index (Phi) is 4.93. The predicted molar refractivity (Wildman–Crippen MR) is 74.5 cm³/mol. The van der Waals surface area contributed by atoms with Crippen molar-refractivity contribution in [1.82, 2.24) is 4.98 Å². The average molecular weight is 259 g/mol. The molecule has 0 aromatic carbocycles.